The molecule has 0 radical (unpaired) electrons. The van der Waals surface area contributed by atoms with Crippen molar-refractivity contribution in [3.8, 4) is 0 Å². The van der Waals surface area contributed by atoms with Gasteiger partial charge in [0.25, 0.3) is 0 Å². The van der Waals surface area contributed by atoms with E-state index in [2.05, 4.69) is 24.1 Å². The lowest BCUT2D eigenvalue weighted by molar-refractivity contribution is -0.808. The van der Waals surface area contributed by atoms with Crippen molar-refractivity contribution in [1.82, 2.24) is 0 Å². The Bertz CT molecular complexity index is 483. The number of carbonyl (C=O) groups is 1. The minimum absolute atomic E-state index is 0.0773. The molecule has 0 spiro atoms. The van der Waals surface area contributed by atoms with Crippen molar-refractivity contribution in [3.05, 3.63) is 24.6 Å². The average molecular weight is 350 g/mol. The number of nitrogens with zero attached hydrogens (tertiary/aromatic N) is 2. The minimum atomic E-state index is -1.11. The first kappa shape index (κ1) is 21.6. The number of allylic oxidation sites excluding steroid dienone is 2. The largest absolute Gasteiger partial charge is 0.544 e. The normalized spacial score (nSPS) is 21.0. The summed E-state index contributed by atoms with van der Waals surface area (Å²) in [6.45, 7) is 3.90. The van der Waals surface area contributed by atoms with Gasteiger partial charge in [0, 0.05) is 13.3 Å². The standard InChI is InChI=1S/C20H35N3O2/c1-3-4-5-6-7-8-9-10-11-12-13-14-19-22-15-16-23(19,18(2)21)17-20(24)25/h11-12,15-16,18H,3-10,13-14,17,21H2,1-2H3/b12-11+. The second-order valence-electron chi connectivity index (χ2n) is 6.96. The van der Waals surface area contributed by atoms with Gasteiger partial charge in [-0.3, -0.25) is 5.73 Å². The third-order valence-electron chi connectivity index (χ3n) is 4.83. The summed E-state index contributed by atoms with van der Waals surface area (Å²) in [6.07, 6.45) is 19.4. The van der Waals surface area contributed by atoms with Crippen molar-refractivity contribution >= 4 is 11.8 Å². The molecule has 2 unspecified atom stereocenters. The second kappa shape index (κ2) is 12.0. The maximum atomic E-state index is 11.1. The van der Waals surface area contributed by atoms with E-state index in [1.165, 1.54) is 44.9 Å². The third kappa shape index (κ3) is 7.53. The van der Waals surface area contributed by atoms with E-state index in [0.29, 0.717) is 0 Å². The number of hydrogen-bond donors (Lipinski definition) is 1. The lowest BCUT2D eigenvalue weighted by Gasteiger charge is -2.36. The molecule has 0 fully saturated rings. The number of nitrogens with two attached hydrogens (primary N) is 1. The van der Waals surface area contributed by atoms with Crippen LogP contribution in [0, 0.1) is 0 Å². The van der Waals surface area contributed by atoms with E-state index in [0.717, 1.165) is 25.1 Å². The smallest absolute Gasteiger partial charge is 0.209 e. The zero-order chi connectivity index (χ0) is 18.5. The van der Waals surface area contributed by atoms with E-state index in [9.17, 15) is 9.90 Å². The van der Waals surface area contributed by atoms with E-state index in [1.807, 2.05) is 6.92 Å². The van der Waals surface area contributed by atoms with Gasteiger partial charge in [-0.2, -0.15) is 0 Å². The van der Waals surface area contributed by atoms with Crippen molar-refractivity contribution in [1.29, 1.82) is 0 Å². The van der Waals surface area contributed by atoms with Crippen molar-refractivity contribution in [2.24, 2.45) is 10.7 Å². The molecule has 25 heavy (non-hydrogen) atoms. The van der Waals surface area contributed by atoms with Crippen LogP contribution < -0.4 is 10.8 Å². The van der Waals surface area contributed by atoms with Crippen molar-refractivity contribution in [2.75, 3.05) is 6.54 Å². The molecular weight excluding hydrogens is 314 g/mol. The van der Waals surface area contributed by atoms with Crippen molar-refractivity contribution < 1.29 is 14.4 Å². The molecule has 0 aliphatic carbocycles. The predicted molar refractivity (Wildman–Crippen MR) is 101 cm³/mol. The predicted octanol–water partition coefficient (Wildman–Crippen LogP) is 3.22. The highest BCUT2D eigenvalue weighted by Crippen LogP contribution is 2.22. The molecule has 0 amide bonds. The summed E-state index contributed by atoms with van der Waals surface area (Å²) < 4.78 is 0.0773. The minimum Gasteiger partial charge on any atom is -0.544 e. The Balaban J connectivity index is 2.25. The van der Waals surface area contributed by atoms with E-state index in [4.69, 9.17) is 5.73 Å². The Morgan fingerprint density at radius 1 is 1.20 bits per heavy atom. The Hall–Kier alpha value is -1.46. The SMILES string of the molecule is CCCCCCCCC/C=C/CCC1=NC=C[N+]1(CC(=O)[O-])C(C)N. The fraction of sp³-hybridized carbons (Fsp3) is 0.700. The first-order chi connectivity index (χ1) is 12.0. The van der Waals surface area contributed by atoms with Crippen LogP contribution in [0.25, 0.3) is 0 Å². The number of carbonyl (C=O) groups excluding carboxylic acids is 1. The summed E-state index contributed by atoms with van der Waals surface area (Å²) in [5.41, 5.74) is 6.03. The first-order valence-corrected chi connectivity index (χ1v) is 9.75. The molecule has 0 saturated heterocycles. The molecule has 142 valence electrons. The van der Waals surface area contributed by atoms with Gasteiger partial charge in [-0.15, -0.1) is 0 Å². The van der Waals surface area contributed by atoms with Crippen molar-refractivity contribution in [3.63, 3.8) is 0 Å². The highest BCUT2D eigenvalue weighted by atomic mass is 16.4. The first-order valence-electron chi connectivity index (χ1n) is 9.75. The number of amidine groups is 1. The van der Waals surface area contributed by atoms with Gasteiger partial charge in [0.15, 0.2) is 0 Å². The molecule has 0 bridgehead atoms. The van der Waals surface area contributed by atoms with Crippen LogP contribution in [-0.4, -0.2) is 29.0 Å². The number of carboxylic acids is 1. The maximum absolute atomic E-state index is 11.1. The van der Waals surface area contributed by atoms with Crippen molar-refractivity contribution in [2.45, 2.75) is 84.2 Å². The molecule has 1 rings (SSSR count). The van der Waals surface area contributed by atoms with Gasteiger partial charge in [-0.25, -0.2) is 9.48 Å². The van der Waals surface area contributed by atoms with Crippen LogP contribution in [0.3, 0.4) is 0 Å². The molecule has 1 aliphatic heterocycles. The third-order valence-corrected chi connectivity index (χ3v) is 4.83. The van der Waals surface area contributed by atoms with E-state index in [1.54, 1.807) is 12.4 Å². The average Bonchev–Trinajstić information content (AvgIpc) is 2.96. The Morgan fingerprint density at radius 2 is 1.84 bits per heavy atom. The van der Waals surface area contributed by atoms with E-state index < -0.39 is 5.97 Å². The second-order valence-corrected chi connectivity index (χ2v) is 6.96. The fourth-order valence-corrected chi connectivity index (χ4v) is 3.24. The summed E-state index contributed by atoms with van der Waals surface area (Å²) in [4.78, 5) is 15.4. The van der Waals surface area contributed by atoms with Crippen LogP contribution in [0.4, 0.5) is 0 Å². The number of carboxylic acid groups (broad SMARTS) is 1. The monoisotopic (exact) mass is 349 g/mol. The highest BCUT2D eigenvalue weighted by Gasteiger charge is 2.38. The van der Waals surface area contributed by atoms with Gasteiger partial charge in [0.05, 0.1) is 12.2 Å². The Morgan fingerprint density at radius 3 is 2.48 bits per heavy atom. The molecule has 2 N–H and O–H groups in total. The fourth-order valence-electron chi connectivity index (χ4n) is 3.24. The quantitative estimate of drug-likeness (QED) is 0.297. The molecule has 5 heteroatoms. The van der Waals surface area contributed by atoms with Crippen LogP contribution in [0.5, 0.6) is 0 Å². The molecule has 1 aliphatic rings. The number of unbranched alkanes of at least 4 members (excludes halogenated alkanes) is 7. The van der Waals surface area contributed by atoms with Gasteiger partial charge < -0.3 is 9.90 Å². The molecular formula is C20H35N3O2. The number of aliphatic imine (C=N–C) groups is 1. The zero-order valence-corrected chi connectivity index (χ0v) is 16.0. The van der Waals surface area contributed by atoms with Crippen LogP contribution in [0.1, 0.15) is 78.1 Å². The van der Waals surface area contributed by atoms with Gasteiger partial charge >= 0.3 is 0 Å². The number of aliphatic carboxylic acids is 1. The van der Waals surface area contributed by atoms with E-state index in [-0.39, 0.29) is 17.2 Å². The van der Waals surface area contributed by atoms with Crippen LogP contribution >= 0.6 is 0 Å². The number of quaternary nitrogens is 1. The molecule has 1 heterocycles. The van der Waals surface area contributed by atoms with Crippen LogP contribution in [-0.2, 0) is 4.79 Å². The van der Waals surface area contributed by atoms with E-state index >= 15 is 0 Å². The zero-order valence-electron chi connectivity index (χ0n) is 16.0. The maximum Gasteiger partial charge on any atom is 0.209 e. The van der Waals surface area contributed by atoms with Crippen LogP contribution in [0.15, 0.2) is 29.5 Å². The Kier molecular flexibility index (Phi) is 10.3. The van der Waals surface area contributed by atoms with Gasteiger partial charge in [0.2, 0.25) is 5.84 Å². The Labute approximate surface area is 152 Å². The summed E-state index contributed by atoms with van der Waals surface area (Å²) in [7, 11) is 0. The molecule has 5 nitrogen and oxygen atoms in total. The molecule has 0 aromatic rings. The highest BCUT2D eigenvalue weighted by molar-refractivity contribution is 5.81. The summed E-state index contributed by atoms with van der Waals surface area (Å²) in [6, 6.07) is 0. The lowest BCUT2D eigenvalue weighted by Crippen LogP contribution is -2.60. The number of hydrogen-bond acceptors (Lipinski definition) is 4. The molecule has 2 atom stereocenters. The molecule has 0 saturated carbocycles. The van der Waals surface area contributed by atoms with Gasteiger partial charge in [-0.05, 0) is 19.3 Å². The lowest BCUT2D eigenvalue weighted by atomic mass is 10.1. The van der Waals surface area contributed by atoms with Crippen LogP contribution in [0.2, 0.25) is 0 Å². The van der Waals surface area contributed by atoms with Gasteiger partial charge in [0.1, 0.15) is 18.9 Å². The van der Waals surface area contributed by atoms with Gasteiger partial charge in [-0.1, -0.05) is 57.6 Å². The topological polar surface area (TPSA) is 78.5 Å². The summed E-state index contributed by atoms with van der Waals surface area (Å²) in [5, 5.41) is 11.1. The summed E-state index contributed by atoms with van der Waals surface area (Å²) >= 11 is 0. The summed E-state index contributed by atoms with van der Waals surface area (Å²) in [5.74, 6) is -0.300. The molecule has 0 aromatic carbocycles. The molecule has 0 aromatic heterocycles. The number of rotatable bonds is 14.